The van der Waals surface area contributed by atoms with Gasteiger partial charge < -0.3 is 0 Å². The molecule has 0 fully saturated rings. The van der Waals surface area contributed by atoms with E-state index < -0.39 is 173 Å². The fourth-order valence-corrected chi connectivity index (χ4v) is 0. The second kappa shape index (κ2) is 86.0. The molecule has 0 atom stereocenters. The fourth-order valence-electron chi connectivity index (χ4n) is 0. The molecule has 41 heteroatoms. The summed E-state index contributed by atoms with van der Waals surface area (Å²) in [7, 11) is 0. The molecule has 27 nitrogen and oxygen atoms in total. The van der Waals surface area contributed by atoms with Gasteiger partial charge in [-0.25, -0.2) is 0 Å². The maximum atomic E-state index is 8.61. The average Bonchev–Trinajstić information content (AvgIpc) is 2.39. The van der Waals surface area contributed by atoms with Gasteiger partial charge in [0, 0.05) is 0 Å². The molecule has 0 aliphatic carbocycles. The minimum absolute atomic E-state index is 0. The molecule has 0 aliphatic heterocycles. The van der Waals surface area contributed by atoms with Gasteiger partial charge in [-0.15, -0.1) is 0 Å². The van der Waals surface area contributed by atoms with E-state index in [-0.39, 0.29) is 118 Å². The zero-order valence-corrected chi connectivity index (χ0v) is 53.3. The molecule has 41 heavy (non-hydrogen) atoms. The van der Waals surface area contributed by atoms with Gasteiger partial charge in [-0.3, -0.25) is 0 Å². The van der Waals surface area contributed by atoms with Crippen molar-refractivity contribution in [2.75, 3.05) is 0 Å². The van der Waals surface area contributed by atoms with E-state index >= 15 is 0 Å². The predicted octanol–water partition coefficient (Wildman–Crippen LogP) is -15.1. The van der Waals surface area contributed by atoms with Gasteiger partial charge in [0.25, 0.3) is 0 Å². The smallest absolute Gasteiger partial charge is 2.00 e. The van der Waals surface area contributed by atoms with Crippen LogP contribution in [0.3, 0.4) is 0 Å². The molecule has 230 valence electrons. The second-order valence-electron chi connectivity index (χ2n) is 2.04. The van der Waals surface area contributed by atoms with Crippen molar-refractivity contribution < 1.29 is 299 Å². The van der Waals surface area contributed by atoms with Gasteiger partial charge >= 0.3 is 381 Å². The van der Waals surface area contributed by atoms with E-state index in [1.807, 2.05) is 0 Å². The third kappa shape index (κ3) is 1990. The summed E-state index contributed by atoms with van der Waals surface area (Å²) in [5.41, 5.74) is 0. The molecule has 0 amide bonds. The van der Waals surface area contributed by atoms with Crippen LogP contribution in [-0.2, 0) is 264 Å². The standard InChI is InChI=1S/8Nb.Ni.27O.3Pb.Zn.Zr/q;;;;;;;;+2;;;;;;;;;;;;;;;;;;10*-1;4*+2;. The van der Waals surface area contributed by atoms with Crippen molar-refractivity contribution in [2.24, 2.45) is 0 Å². The minimum Gasteiger partial charge on any atom is 2.00 e. The molecule has 0 unspecified atom stereocenters. The summed E-state index contributed by atoms with van der Waals surface area (Å²) in [6.45, 7) is 0. The van der Waals surface area contributed by atoms with Crippen molar-refractivity contribution in [1.82, 2.24) is 0 Å². The summed E-state index contributed by atoms with van der Waals surface area (Å²) in [6, 6.07) is 0. The first kappa shape index (κ1) is 91.7. The largest absolute Gasteiger partial charge is 2.00 e. The number of rotatable bonds is 0. The zero-order valence-electron chi connectivity index (χ0n) is 17.6. The molecule has 0 aliphatic rings. The van der Waals surface area contributed by atoms with E-state index in [2.05, 4.69) is 0 Å². The van der Waals surface area contributed by atoms with Crippen LogP contribution in [0.2, 0.25) is 0 Å². The molecule has 0 aromatic heterocycles. The van der Waals surface area contributed by atoms with E-state index in [4.69, 9.17) is 90.1 Å². The topological polar surface area (TPSA) is 521 Å². The van der Waals surface area contributed by atoms with E-state index in [0.29, 0.717) is 0 Å². The van der Waals surface area contributed by atoms with Crippen LogP contribution in [0.1, 0.15) is 0 Å². The molecule has 0 aromatic carbocycles. The molecule has 0 saturated carbocycles. The summed E-state index contributed by atoms with van der Waals surface area (Å²) in [4.78, 5) is 0. The van der Waals surface area contributed by atoms with Crippen LogP contribution >= 0.6 is 0 Å². The van der Waals surface area contributed by atoms with E-state index in [0.717, 1.165) is 0 Å². The molecule has 0 spiro atoms. The summed E-state index contributed by atoms with van der Waals surface area (Å²) in [5.74, 6) is 0. The van der Waals surface area contributed by atoms with Crippen molar-refractivity contribution in [3.05, 3.63) is 0 Å². The van der Waals surface area contributed by atoms with E-state index in [1.165, 1.54) is 0 Å². The van der Waals surface area contributed by atoms with Crippen LogP contribution in [0.15, 0.2) is 0 Å². The van der Waals surface area contributed by atoms with Crippen molar-refractivity contribution in [1.29, 1.82) is 0 Å². The van der Waals surface area contributed by atoms with Crippen LogP contribution in [-0.4, -0.2) is 81.9 Å². The van der Waals surface area contributed by atoms with Gasteiger partial charge in [0.15, 0.2) is 0 Å². The van der Waals surface area contributed by atoms with Crippen molar-refractivity contribution >= 4 is 81.9 Å². The Morgan fingerprint density at radius 1 is 0.317 bits per heavy atom. The first-order chi connectivity index (χ1) is 15.6. The summed E-state index contributed by atoms with van der Waals surface area (Å²) in [6.07, 6.45) is 0. The van der Waals surface area contributed by atoms with Gasteiger partial charge in [0.2, 0.25) is 0 Å². The number of hydrogen-bond acceptors (Lipinski definition) is 27. The Bertz CT molecular complexity index is 776. The maximum Gasteiger partial charge on any atom is 2.00 e. The quantitative estimate of drug-likeness (QED) is 0.203. The SMILES string of the molecule is [Ni+2].[O]=[Nb](=[O])[O-].[O]=[Nb](=[O])[O-].[O]=[Nb](=[O])[O-].[O]=[Nb](=[O])[O-].[O]=[Nb](=[O])[O-].[O]=[Nb](=[O])[O-].[O]=[Nb](=[O])[O-].[O]=[Nb](=[O])[O-].[O]=[Zr]([O-])[O-].[Pb+2].[Pb+2].[Pb+2].[Zn+2]. The Balaban J connectivity index is -0.0000000164. The van der Waals surface area contributed by atoms with Crippen LogP contribution in [0.4, 0.5) is 0 Å². The van der Waals surface area contributed by atoms with Crippen molar-refractivity contribution in [2.45, 2.75) is 0 Å². The second-order valence-corrected chi connectivity index (χ2v) is 12.1. The van der Waals surface area contributed by atoms with Crippen LogP contribution in [0, 0.1) is 0 Å². The molecule has 0 aromatic rings. The summed E-state index contributed by atoms with van der Waals surface area (Å²) in [5, 5.41) is 0. The molecule has 6 radical (unpaired) electrons. The van der Waals surface area contributed by atoms with Gasteiger partial charge in [0.05, 0.1) is 0 Å². The zero-order chi connectivity index (χ0) is 32.2. The van der Waals surface area contributed by atoms with Crippen LogP contribution in [0.25, 0.3) is 0 Å². The normalized spacial score (nSPS) is 5.51. The first-order valence-corrected chi connectivity index (χ1v) is 29.5. The third-order valence-electron chi connectivity index (χ3n) is 0. The van der Waals surface area contributed by atoms with E-state index in [9.17, 15) is 0 Å². The van der Waals surface area contributed by atoms with Crippen molar-refractivity contribution in [3.8, 4) is 0 Å². The van der Waals surface area contributed by atoms with Gasteiger partial charge in [-0.1, -0.05) is 0 Å². The van der Waals surface area contributed by atoms with Crippen LogP contribution < -0.4 is 35.3 Å². The molecule has 0 saturated heterocycles. The third-order valence-corrected chi connectivity index (χ3v) is 0. The van der Waals surface area contributed by atoms with Gasteiger partial charge in [0.1, 0.15) is 0 Å². The minimum atomic E-state index is -4.29. The van der Waals surface area contributed by atoms with Gasteiger partial charge in [-0.05, 0) is 0 Å². The molecular weight excluding hydrogens is 2010 g/mol. The van der Waals surface area contributed by atoms with Crippen molar-refractivity contribution in [3.63, 3.8) is 0 Å². The molecular formula is Nb8NiO27Pb3ZnZr. The monoisotopic (exact) mass is 2010 g/mol. The Morgan fingerprint density at radius 2 is 0.317 bits per heavy atom. The molecule has 0 heterocycles. The molecule has 0 N–H and O–H groups in total. The maximum absolute atomic E-state index is 8.61. The van der Waals surface area contributed by atoms with E-state index in [1.54, 1.807) is 0 Å². The Hall–Kier alpha value is 6.89. The molecule has 0 bridgehead atoms. The Kier molecular flexibility index (Phi) is 192. The Labute approximate surface area is 371 Å². The Morgan fingerprint density at radius 3 is 0.317 bits per heavy atom. The summed E-state index contributed by atoms with van der Waals surface area (Å²) < 4.78 is 232. The molecule has 0 rings (SSSR count). The fraction of sp³-hybridized carbons (Fsp3) is 0. The average molecular weight is 2010 g/mol. The number of hydrogen-bond donors (Lipinski definition) is 0. The van der Waals surface area contributed by atoms with Crippen LogP contribution in [0.5, 0.6) is 0 Å². The predicted molar refractivity (Wildman–Crippen MR) is 28.9 cm³/mol. The first-order valence-electron chi connectivity index (χ1n) is 4.99. The van der Waals surface area contributed by atoms with Gasteiger partial charge in [-0.2, -0.15) is 0 Å². The summed E-state index contributed by atoms with van der Waals surface area (Å²) >= 11 is -37.9.